The Balaban J connectivity index is 1.78. The van der Waals surface area contributed by atoms with Crippen LogP contribution >= 0.6 is 0 Å². The summed E-state index contributed by atoms with van der Waals surface area (Å²) in [5.41, 5.74) is 1.41. The van der Waals surface area contributed by atoms with Crippen molar-refractivity contribution >= 4 is 17.4 Å². The van der Waals surface area contributed by atoms with Crippen molar-refractivity contribution in [1.29, 1.82) is 0 Å². The smallest absolute Gasteiger partial charge is 0.319 e. The topological polar surface area (TPSA) is 80.5 Å². The standard InChI is InChI=1S/C18H21N5O2/c1-12(2)16(17-22-21-15-9-4-5-10-23(15)17)20-18(24)19-13-7-6-8-14(11-13)25-3/h4-12,16H,1-3H3,(H2,19,20,24)/t16-/m0/s1. The Morgan fingerprint density at radius 1 is 1.16 bits per heavy atom. The molecule has 7 heteroatoms. The molecule has 0 aliphatic carbocycles. The molecule has 7 nitrogen and oxygen atoms in total. The summed E-state index contributed by atoms with van der Waals surface area (Å²) in [6.07, 6.45) is 1.89. The van der Waals surface area contributed by atoms with E-state index in [9.17, 15) is 4.79 Å². The molecule has 2 aromatic heterocycles. The molecule has 2 amide bonds. The van der Waals surface area contributed by atoms with Crippen LogP contribution in [0.5, 0.6) is 5.75 Å². The number of fused-ring (bicyclic) bond motifs is 1. The highest BCUT2D eigenvalue weighted by Gasteiger charge is 2.23. The minimum Gasteiger partial charge on any atom is -0.497 e. The van der Waals surface area contributed by atoms with Gasteiger partial charge in [0.05, 0.1) is 13.2 Å². The zero-order chi connectivity index (χ0) is 17.8. The largest absolute Gasteiger partial charge is 0.497 e. The Kier molecular flexibility index (Phi) is 4.83. The number of anilines is 1. The molecule has 1 aromatic carbocycles. The summed E-state index contributed by atoms with van der Waals surface area (Å²) in [5.74, 6) is 1.52. The minimum atomic E-state index is -0.306. The summed E-state index contributed by atoms with van der Waals surface area (Å²) in [5, 5.41) is 14.2. The SMILES string of the molecule is COc1cccc(NC(=O)N[C@H](c2nnc3ccccn23)C(C)C)c1. The van der Waals surface area contributed by atoms with Gasteiger partial charge in [0, 0.05) is 18.0 Å². The molecule has 0 aliphatic rings. The van der Waals surface area contributed by atoms with Crippen LogP contribution in [0, 0.1) is 5.92 Å². The molecule has 3 rings (SSSR count). The van der Waals surface area contributed by atoms with Gasteiger partial charge in [-0.25, -0.2) is 4.79 Å². The molecule has 0 saturated carbocycles. The zero-order valence-corrected chi connectivity index (χ0v) is 14.4. The van der Waals surface area contributed by atoms with Crippen molar-refractivity contribution in [3.05, 3.63) is 54.5 Å². The molecule has 0 radical (unpaired) electrons. The second-order valence-corrected chi connectivity index (χ2v) is 6.04. The highest BCUT2D eigenvalue weighted by molar-refractivity contribution is 5.89. The summed E-state index contributed by atoms with van der Waals surface area (Å²) < 4.78 is 7.05. The van der Waals surface area contributed by atoms with Crippen molar-refractivity contribution < 1.29 is 9.53 Å². The number of methoxy groups -OCH3 is 1. The summed E-state index contributed by atoms with van der Waals surface area (Å²) in [7, 11) is 1.59. The average molecular weight is 339 g/mol. The monoisotopic (exact) mass is 339 g/mol. The van der Waals surface area contributed by atoms with Gasteiger partial charge in [0.1, 0.15) is 5.75 Å². The van der Waals surface area contributed by atoms with Crippen molar-refractivity contribution in [2.75, 3.05) is 12.4 Å². The molecule has 0 bridgehead atoms. The van der Waals surface area contributed by atoms with E-state index in [0.717, 1.165) is 5.65 Å². The van der Waals surface area contributed by atoms with E-state index < -0.39 is 0 Å². The normalized spacial score (nSPS) is 12.2. The third-order valence-corrected chi connectivity index (χ3v) is 3.90. The number of carbonyl (C=O) groups is 1. The van der Waals surface area contributed by atoms with Crippen molar-refractivity contribution in [3.8, 4) is 5.75 Å². The van der Waals surface area contributed by atoms with E-state index in [4.69, 9.17) is 4.74 Å². The van der Waals surface area contributed by atoms with Crippen LogP contribution in [0.3, 0.4) is 0 Å². The first-order valence-electron chi connectivity index (χ1n) is 8.09. The van der Waals surface area contributed by atoms with Gasteiger partial charge in [0.25, 0.3) is 0 Å². The molecular formula is C18H21N5O2. The summed E-state index contributed by atoms with van der Waals surface area (Å²) in [4.78, 5) is 12.4. The van der Waals surface area contributed by atoms with Gasteiger partial charge < -0.3 is 15.4 Å². The van der Waals surface area contributed by atoms with Crippen molar-refractivity contribution in [3.63, 3.8) is 0 Å². The quantitative estimate of drug-likeness (QED) is 0.748. The highest BCUT2D eigenvalue weighted by Crippen LogP contribution is 2.21. The lowest BCUT2D eigenvalue weighted by molar-refractivity contribution is 0.243. The second-order valence-electron chi connectivity index (χ2n) is 6.04. The maximum Gasteiger partial charge on any atom is 0.319 e. The minimum absolute atomic E-state index is 0.142. The lowest BCUT2D eigenvalue weighted by atomic mass is 10.0. The van der Waals surface area contributed by atoms with Crippen LogP contribution in [0.1, 0.15) is 25.7 Å². The number of amides is 2. The molecule has 3 aromatic rings. The molecule has 2 heterocycles. The molecule has 0 fully saturated rings. The maximum absolute atomic E-state index is 12.4. The highest BCUT2D eigenvalue weighted by atomic mass is 16.5. The van der Waals surface area contributed by atoms with Crippen molar-refractivity contribution in [2.24, 2.45) is 5.92 Å². The number of hydrogen-bond acceptors (Lipinski definition) is 4. The van der Waals surface area contributed by atoms with Gasteiger partial charge in [-0.15, -0.1) is 10.2 Å². The third-order valence-electron chi connectivity index (χ3n) is 3.90. The van der Waals surface area contributed by atoms with Crippen LogP contribution in [-0.4, -0.2) is 27.7 Å². The molecule has 2 N–H and O–H groups in total. The maximum atomic E-state index is 12.4. The fourth-order valence-corrected chi connectivity index (χ4v) is 2.61. The van der Waals surface area contributed by atoms with Gasteiger partial charge in [0.2, 0.25) is 0 Å². The Hall–Kier alpha value is -3.09. The number of nitrogens with zero attached hydrogens (tertiary/aromatic N) is 3. The summed E-state index contributed by atoms with van der Waals surface area (Å²) >= 11 is 0. The van der Waals surface area contributed by atoms with E-state index in [1.807, 2.05) is 54.8 Å². The molecule has 0 unspecified atom stereocenters. The van der Waals surface area contributed by atoms with E-state index in [-0.39, 0.29) is 18.0 Å². The molecule has 25 heavy (non-hydrogen) atoms. The Labute approximate surface area is 146 Å². The first-order valence-corrected chi connectivity index (χ1v) is 8.09. The number of urea groups is 1. The number of ether oxygens (including phenoxy) is 1. The van der Waals surface area contributed by atoms with Crippen LogP contribution in [0.4, 0.5) is 10.5 Å². The lowest BCUT2D eigenvalue weighted by Gasteiger charge is -2.21. The van der Waals surface area contributed by atoms with Gasteiger partial charge >= 0.3 is 6.03 Å². The number of pyridine rings is 1. The van der Waals surface area contributed by atoms with Gasteiger partial charge in [-0.3, -0.25) is 4.40 Å². The van der Waals surface area contributed by atoms with E-state index in [0.29, 0.717) is 17.3 Å². The molecule has 130 valence electrons. The van der Waals surface area contributed by atoms with Crippen LogP contribution in [-0.2, 0) is 0 Å². The molecule has 0 spiro atoms. The van der Waals surface area contributed by atoms with E-state index in [1.54, 1.807) is 19.2 Å². The van der Waals surface area contributed by atoms with Gasteiger partial charge in [0.15, 0.2) is 11.5 Å². The first-order chi connectivity index (χ1) is 12.1. The first kappa shape index (κ1) is 16.8. The van der Waals surface area contributed by atoms with Crippen LogP contribution in [0.2, 0.25) is 0 Å². The number of aromatic nitrogens is 3. The van der Waals surface area contributed by atoms with Crippen molar-refractivity contribution in [2.45, 2.75) is 19.9 Å². The fourth-order valence-electron chi connectivity index (χ4n) is 2.61. The zero-order valence-electron chi connectivity index (χ0n) is 14.4. The number of rotatable bonds is 5. The molecule has 0 aliphatic heterocycles. The Morgan fingerprint density at radius 2 is 2.00 bits per heavy atom. The predicted molar refractivity (Wildman–Crippen MR) is 95.7 cm³/mol. The number of benzene rings is 1. The molecule has 0 saturated heterocycles. The fraction of sp³-hybridized carbons (Fsp3) is 0.278. The average Bonchev–Trinajstić information content (AvgIpc) is 3.03. The van der Waals surface area contributed by atoms with E-state index in [2.05, 4.69) is 20.8 Å². The van der Waals surface area contributed by atoms with E-state index >= 15 is 0 Å². The lowest BCUT2D eigenvalue weighted by Crippen LogP contribution is -2.36. The second kappa shape index (κ2) is 7.21. The van der Waals surface area contributed by atoms with E-state index in [1.165, 1.54) is 0 Å². The third kappa shape index (κ3) is 3.71. The molecular weight excluding hydrogens is 318 g/mol. The van der Waals surface area contributed by atoms with Crippen LogP contribution in [0.15, 0.2) is 48.7 Å². The number of carbonyl (C=O) groups excluding carboxylic acids is 1. The van der Waals surface area contributed by atoms with Crippen molar-refractivity contribution in [1.82, 2.24) is 19.9 Å². The molecule has 1 atom stereocenters. The Bertz CT molecular complexity index is 875. The number of hydrogen-bond donors (Lipinski definition) is 2. The number of nitrogens with one attached hydrogen (secondary N) is 2. The summed E-state index contributed by atoms with van der Waals surface area (Å²) in [6, 6.07) is 12.3. The van der Waals surface area contributed by atoms with Gasteiger partial charge in [-0.2, -0.15) is 0 Å². The van der Waals surface area contributed by atoms with Crippen LogP contribution in [0.25, 0.3) is 5.65 Å². The van der Waals surface area contributed by atoms with Gasteiger partial charge in [-0.1, -0.05) is 26.0 Å². The predicted octanol–water partition coefficient (Wildman–Crippen LogP) is 3.26. The summed E-state index contributed by atoms with van der Waals surface area (Å²) in [6.45, 7) is 4.06. The van der Waals surface area contributed by atoms with Gasteiger partial charge in [-0.05, 0) is 30.2 Å². The Morgan fingerprint density at radius 3 is 2.76 bits per heavy atom. The van der Waals surface area contributed by atoms with Crippen LogP contribution < -0.4 is 15.4 Å².